The molecule has 1 heterocycles. The van der Waals surface area contributed by atoms with Gasteiger partial charge in [0.2, 0.25) is 0 Å². The third-order valence-corrected chi connectivity index (χ3v) is 3.14. The fourth-order valence-electron chi connectivity index (χ4n) is 2.28. The van der Waals surface area contributed by atoms with Gasteiger partial charge in [0.25, 0.3) is 0 Å². The summed E-state index contributed by atoms with van der Waals surface area (Å²) in [6, 6.07) is 3.80. The van der Waals surface area contributed by atoms with Crippen molar-refractivity contribution in [3.63, 3.8) is 0 Å². The van der Waals surface area contributed by atoms with Crippen molar-refractivity contribution < 1.29 is 9.90 Å². The Morgan fingerprint density at radius 1 is 1.57 bits per heavy atom. The van der Waals surface area contributed by atoms with E-state index in [9.17, 15) is 4.79 Å². The highest BCUT2D eigenvalue weighted by atomic mass is 16.4. The Bertz CT molecular complexity index is 359. The third-order valence-electron chi connectivity index (χ3n) is 3.14. The van der Waals surface area contributed by atoms with Crippen LogP contribution in [-0.4, -0.2) is 16.1 Å². The highest BCUT2D eigenvalue weighted by Crippen LogP contribution is 2.64. The average Bonchev–Trinajstić information content (AvgIpc) is 2.71. The van der Waals surface area contributed by atoms with Gasteiger partial charge in [0.1, 0.15) is 0 Å². The van der Waals surface area contributed by atoms with Crippen LogP contribution in [0.1, 0.15) is 25.3 Å². The maximum absolute atomic E-state index is 10.9. The number of pyridine rings is 1. The third kappa shape index (κ3) is 1.20. The second-order valence-electron chi connectivity index (χ2n) is 4.40. The van der Waals surface area contributed by atoms with E-state index in [0.717, 1.165) is 5.56 Å². The first-order valence-corrected chi connectivity index (χ1v) is 4.68. The van der Waals surface area contributed by atoms with E-state index in [1.54, 1.807) is 12.4 Å². The largest absolute Gasteiger partial charge is 0.481 e. The van der Waals surface area contributed by atoms with E-state index in [1.165, 1.54) is 0 Å². The van der Waals surface area contributed by atoms with Crippen LogP contribution in [0.15, 0.2) is 24.5 Å². The zero-order valence-electron chi connectivity index (χ0n) is 8.27. The van der Waals surface area contributed by atoms with Crippen LogP contribution in [0, 0.1) is 11.3 Å². The molecule has 1 saturated carbocycles. The van der Waals surface area contributed by atoms with Gasteiger partial charge in [-0.3, -0.25) is 9.78 Å². The lowest BCUT2D eigenvalue weighted by molar-refractivity contribution is -0.139. The van der Waals surface area contributed by atoms with Crippen molar-refractivity contribution in [3.8, 4) is 0 Å². The summed E-state index contributed by atoms with van der Waals surface area (Å²) in [6.45, 7) is 3.98. The number of hydrogen-bond donors (Lipinski definition) is 1. The predicted molar refractivity (Wildman–Crippen MR) is 51.9 cm³/mol. The minimum Gasteiger partial charge on any atom is -0.481 e. The molecule has 0 unspecified atom stereocenters. The fraction of sp³-hybridized carbons (Fsp3) is 0.455. The minimum absolute atomic E-state index is 0.119. The SMILES string of the molecule is CC1(C)[C@H](C(=O)O)[C@H]1c1cccnc1. The Hall–Kier alpha value is -1.38. The highest BCUT2D eigenvalue weighted by Gasteiger charge is 2.62. The first-order valence-electron chi connectivity index (χ1n) is 4.68. The van der Waals surface area contributed by atoms with Crippen molar-refractivity contribution in [2.75, 3.05) is 0 Å². The zero-order chi connectivity index (χ0) is 10.3. The predicted octanol–water partition coefficient (Wildman–Crippen LogP) is 1.91. The minimum atomic E-state index is -0.705. The van der Waals surface area contributed by atoms with Gasteiger partial charge in [-0.15, -0.1) is 0 Å². The van der Waals surface area contributed by atoms with Gasteiger partial charge in [-0.2, -0.15) is 0 Å². The number of hydrogen-bond acceptors (Lipinski definition) is 2. The Labute approximate surface area is 82.8 Å². The molecule has 2 rings (SSSR count). The average molecular weight is 191 g/mol. The quantitative estimate of drug-likeness (QED) is 0.776. The molecule has 0 saturated heterocycles. The van der Waals surface area contributed by atoms with Crippen LogP contribution in [0.2, 0.25) is 0 Å². The molecule has 0 aromatic carbocycles. The Balaban J connectivity index is 2.28. The van der Waals surface area contributed by atoms with Gasteiger partial charge in [0.15, 0.2) is 0 Å². The van der Waals surface area contributed by atoms with Gasteiger partial charge in [-0.25, -0.2) is 0 Å². The molecule has 74 valence electrons. The normalized spacial score (nSPS) is 28.4. The summed E-state index contributed by atoms with van der Waals surface area (Å²) in [7, 11) is 0. The molecule has 3 nitrogen and oxygen atoms in total. The van der Waals surface area contributed by atoms with Crippen LogP contribution in [0.3, 0.4) is 0 Å². The molecule has 1 aromatic heterocycles. The molecular formula is C11H13NO2. The number of carbonyl (C=O) groups is 1. The van der Waals surface area contributed by atoms with Crippen LogP contribution in [0.25, 0.3) is 0 Å². The lowest BCUT2D eigenvalue weighted by Gasteiger charge is -2.00. The van der Waals surface area contributed by atoms with E-state index in [-0.39, 0.29) is 17.3 Å². The molecule has 0 amide bonds. The van der Waals surface area contributed by atoms with E-state index in [0.29, 0.717) is 0 Å². The molecule has 3 heteroatoms. The second-order valence-corrected chi connectivity index (χ2v) is 4.40. The summed E-state index contributed by atoms with van der Waals surface area (Å²) in [6.07, 6.45) is 3.46. The first kappa shape index (κ1) is 9.19. The number of nitrogens with zero attached hydrogens (tertiary/aromatic N) is 1. The van der Waals surface area contributed by atoms with Crippen molar-refractivity contribution in [1.82, 2.24) is 4.98 Å². The van der Waals surface area contributed by atoms with E-state index >= 15 is 0 Å². The molecule has 1 N–H and O–H groups in total. The first-order chi connectivity index (χ1) is 6.55. The van der Waals surface area contributed by atoms with Gasteiger partial charge in [0, 0.05) is 18.3 Å². The van der Waals surface area contributed by atoms with Crippen LogP contribution >= 0.6 is 0 Å². The van der Waals surface area contributed by atoms with Crippen molar-refractivity contribution in [2.24, 2.45) is 11.3 Å². The van der Waals surface area contributed by atoms with E-state index in [2.05, 4.69) is 4.98 Å². The van der Waals surface area contributed by atoms with Crippen LogP contribution < -0.4 is 0 Å². The van der Waals surface area contributed by atoms with Crippen molar-refractivity contribution in [3.05, 3.63) is 30.1 Å². The molecule has 1 fully saturated rings. The van der Waals surface area contributed by atoms with Gasteiger partial charge in [-0.1, -0.05) is 19.9 Å². The fourth-order valence-corrected chi connectivity index (χ4v) is 2.28. The van der Waals surface area contributed by atoms with Crippen LogP contribution in [-0.2, 0) is 4.79 Å². The summed E-state index contributed by atoms with van der Waals surface area (Å²) in [4.78, 5) is 15.0. The Morgan fingerprint density at radius 3 is 2.71 bits per heavy atom. The summed E-state index contributed by atoms with van der Waals surface area (Å²) in [5.41, 5.74) is 0.902. The Morgan fingerprint density at radius 2 is 2.29 bits per heavy atom. The number of carboxylic acids is 1. The maximum atomic E-state index is 10.9. The second kappa shape index (κ2) is 2.80. The lowest BCUT2D eigenvalue weighted by Crippen LogP contribution is -2.03. The monoisotopic (exact) mass is 191 g/mol. The van der Waals surface area contributed by atoms with Gasteiger partial charge in [-0.05, 0) is 17.0 Å². The van der Waals surface area contributed by atoms with Gasteiger partial charge in [0.05, 0.1) is 5.92 Å². The number of rotatable bonds is 2. The van der Waals surface area contributed by atoms with Gasteiger partial charge < -0.3 is 5.11 Å². The zero-order valence-corrected chi connectivity index (χ0v) is 8.27. The lowest BCUT2D eigenvalue weighted by atomic mass is 10.1. The molecule has 1 aromatic rings. The van der Waals surface area contributed by atoms with Crippen molar-refractivity contribution in [2.45, 2.75) is 19.8 Å². The molecule has 0 aliphatic heterocycles. The van der Waals surface area contributed by atoms with E-state index < -0.39 is 5.97 Å². The smallest absolute Gasteiger partial charge is 0.307 e. The number of aliphatic carboxylic acids is 1. The molecule has 0 bridgehead atoms. The molecule has 2 atom stereocenters. The molecule has 1 aliphatic carbocycles. The molecule has 0 spiro atoms. The van der Waals surface area contributed by atoms with Crippen LogP contribution in [0.5, 0.6) is 0 Å². The van der Waals surface area contributed by atoms with E-state index in [4.69, 9.17) is 5.11 Å². The summed E-state index contributed by atoms with van der Waals surface area (Å²) < 4.78 is 0. The topological polar surface area (TPSA) is 50.2 Å². The summed E-state index contributed by atoms with van der Waals surface area (Å²) >= 11 is 0. The molecular weight excluding hydrogens is 178 g/mol. The standard InChI is InChI=1S/C11H13NO2/c1-11(2)8(9(11)10(13)14)7-4-3-5-12-6-7/h3-6,8-9H,1-2H3,(H,13,14)/t8-,9+/m1/s1. The van der Waals surface area contributed by atoms with Crippen LogP contribution in [0.4, 0.5) is 0 Å². The summed E-state index contributed by atoms with van der Waals surface area (Å²) in [5.74, 6) is -0.843. The highest BCUT2D eigenvalue weighted by molar-refractivity contribution is 5.77. The van der Waals surface area contributed by atoms with Crippen molar-refractivity contribution in [1.29, 1.82) is 0 Å². The van der Waals surface area contributed by atoms with Gasteiger partial charge >= 0.3 is 5.97 Å². The van der Waals surface area contributed by atoms with Crippen molar-refractivity contribution >= 4 is 5.97 Å². The number of carboxylic acid groups (broad SMARTS) is 1. The summed E-state index contributed by atoms with van der Waals surface area (Å²) in [5, 5.41) is 9.00. The molecule has 14 heavy (non-hydrogen) atoms. The molecule has 1 aliphatic rings. The number of aromatic nitrogens is 1. The maximum Gasteiger partial charge on any atom is 0.307 e. The molecule has 0 radical (unpaired) electrons. The van der Waals surface area contributed by atoms with E-state index in [1.807, 2.05) is 26.0 Å². The Kier molecular flexibility index (Phi) is 1.84.